The van der Waals surface area contributed by atoms with Crippen LogP contribution < -0.4 is 0 Å². The first-order valence-electron chi connectivity index (χ1n) is 5.56. The molecule has 0 aliphatic carbocycles. The van der Waals surface area contributed by atoms with Crippen LogP contribution in [0.3, 0.4) is 0 Å². The number of halogens is 1. The average Bonchev–Trinajstić information content (AvgIpc) is 3.07. The van der Waals surface area contributed by atoms with Crippen molar-refractivity contribution >= 4 is 21.9 Å². The molecule has 0 aliphatic heterocycles. The first-order chi connectivity index (χ1) is 9.66. The normalized spacial score (nSPS) is 10.7. The minimum Gasteiger partial charge on any atom is -0.478 e. The van der Waals surface area contributed by atoms with Gasteiger partial charge in [-0.05, 0) is 34.1 Å². The van der Waals surface area contributed by atoms with Gasteiger partial charge in [-0.3, -0.25) is 0 Å². The lowest BCUT2D eigenvalue weighted by molar-refractivity contribution is 0.0697. The minimum absolute atomic E-state index is 0.106. The van der Waals surface area contributed by atoms with Crippen LogP contribution in [-0.2, 0) is 0 Å². The summed E-state index contributed by atoms with van der Waals surface area (Å²) < 4.78 is 11.1. The molecule has 3 rings (SSSR count). The molecule has 20 heavy (non-hydrogen) atoms. The van der Waals surface area contributed by atoms with Crippen molar-refractivity contribution in [2.24, 2.45) is 0 Å². The van der Waals surface area contributed by atoms with E-state index in [9.17, 15) is 4.79 Å². The fraction of sp³-hybridized carbons (Fsp3) is 0. The highest BCUT2D eigenvalue weighted by atomic mass is 79.9. The predicted octanol–water partition coefficient (Wildman–Crippen LogP) is 3.46. The third-order valence-electron chi connectivity index (χ3n) is 2.66. The van der Waals surface area contributed by atoms with Gasteiger partial charge >= 0.3 is 5.97 Å². The number of aromatic carboxylic acids is 1. The number of aromatic nitrogens is 2. The van der Waals surface area contributed by atoms with Gasteiger partial charge in [-0.2, -0.15) is 0 Å². The third-order valence-corrected chi connectivity index (χ3v) is 3.28. The average molecular weight is 335 g/mol. The van der Waals surface area contributed by atoms with Gasteiger partial charge in [-0.1, -0.05) is 12.1 Å². The zero-order valence-electron chi connectivity index (χ0n) is 9.91. The van der Waals surface area contributed by atoms with E-state index in [2.05, 4.69) is 26.1 Å². The number of hydrogen-bond acceptors (Lipinski definition) is 5. The first kappa shape index (κ1) is 12.6. The summed E-state index contributed by atoms with van der Waals surface area (Å²) >= 11 is 3.22. The lowest BCUT2D eigenvalue weighted by atomic mass is 10.1. The van der Waals surface area contributed by atoms with Crippen molar-refractivity contribution in [2.75, 3.05) is 0 Å². The minimum atomic E-state index is -1.05. The Hall–Kier alpha value is -2.41. The predicted molar refractivity (Wildman–Crippen MR) is 72.1 cm³/mol. The molecular weight excluding hydrogens is 328 g/mol. The lowest BCUT2D eigenvalue weighted by Gasteiger charge is -1.99. The van der Waals surface area contributed by atoms with Crippen molar-refractivity contribution < 1.29 is 18.7 Å². The molecule has 0 saturated carbocycles. The molecule has 7 heteroatoms. The summed E-state index contributed by atoms with van der Waals surface area (Å²) in [4.78, 5) is 11.2. The summed E-state index contributed by atoms with van der Waals surface area (Å²) in [5.74, 6) is -0.656. The summed E-state index contributed by atoms with van der Waals surface area (Å²) in [5.41, 5.74) is 1.09. The third kappa shape index (κ3) is 2.12. The Balaban J connectivity index is 2.07. The van der Waals surface area contributed by atoms with Gasteiger partial charge in [0, 0.05) is 0 Å². The molecule has 0 aliphatic rings. The van der Waals surface area contributed by atoms with E-state index in [-0.39, 0.29) is 17.3 Å². The Kier molecular flexibility index (Phi) is 3.11. The molecule has 6 nitrogen and oxygen atoms in total. The number of carboxylic acid groups (broad SMARTS) is 1. The number of carboxylic acids is 1. The van der Waals surface area contributed by atoms with Crippen LogP contribution in [0.4, 0.5) is 0 Å². The molecule has 1 N–H and O–H groups in total. The van der Waals surface area contributed by atoms with E-state index in [0.29, 0.717) is 15.8 Å². The number of hydrogen-bond donors (Lipinski definition) is 1. The molecule has 3 aromatic rings. The van der Waals surface area contributed by atoms with Crippen molar-refractivity contribution in [3.63, 3.8) is 0 Å². The standard InChI is InChI=1S/C13H7BrN2O4/c14-10-9(5-6-19-10)12-16-15-11(20-12)7-3-1-2-4-8(7)13(17)18/h1-6H,(H,17,18). The summed E-state index contributed by atoms with van der Waals surface area (Å²) in [6.07, 6.45) is 1.48. The van der Waals surface area contributed by atoms with Gasteiger partial charge in [0.15, 0.2) is 4.67 Å². The van der Waals surface area contributed by atoms with Gasteiger partial charge in [0.05, 0.1) is 23.0 Å². The van der Waals surface area contributed by atoms with Crippen LogP contribution in [0.25, 0.3) is 22.9 Å². The van der Waals surface area contributed by atoms with Gasteiger partial charge in [0.1, 0.15) is 0 Å². The number of nitrogens with zero attached hydrogens (tertiary/aromatic N) is 2. The quantitative estimate of drug-likeness (QED) is 0.788. The van der Waals surface area contributed by atoms with Crippen LogP contribution in [0.5, 0.6) is 0 Å². The van der Waals surface area contributed by atoms with Gasteiger partial charge in [-0.25, -0.2) is 4.79 Å². The largest absolute Gasteiger partial charge is 0.478 e. The van der Waals surface area contributed by atoms with E-state index in [4.69, 9.17) is 13.9 Å². The molecule has 2 heterocycles. The van der Waals surface area contributed by atoms with Gasteiger partial charge in [-0.15, -0.1) is 10.2 Å². The fourth-order valence-electron chi connectivity index (χ4n) is 1.74. The van der Waals surface area contributed by atoms with Crippen LogP contribution in [0.2, 0.25) is 0 Å². The highest BCUT2D eigenvalue weighted by molar-refractivity contribution is 9.10. The molecule has 0 spiro atoms. The molecule has 0 atom stereocenters. The molecule has 0 unspecified atom stereocenters. The highest BCUT2D eigenvalue weighted by Gasteiger charge is 2.18. The SMILES string of the molecule is O=C(O)c1ccccc1-c1nnc(-c2ccoc2Br)o1. The van der Waals surface area contributed by atoms with Crippen LogP contribution in [0.15, 0.2) is 50.1 Å². The van der Waals surface area contributed by atoms with E-state index in [1.807, 2.05) is 0 Å². The molecular formula is C13H7BrN2O4. The maximum atomic E-state index is 11.2. The van der Waals surface area contributed by atoms with E-state index >= 15 is 0 Å². The van der Waals surface area contributed by atoms with Crippen molar-refractivity contribution in [3.8, 4) is 22.9 Å². The number of benzene rings is 1. The molecule has 0 saturated heterocycles. The molecule has 100 valence electrons. The summed E-state index contributed by atoms with van der Waals surface area (Å²) in [7, 11) is 0. The molecule has 0 radical (unpaired) electrons. The van der Waals surface area contributed by atoms with Crippen LogP contribution in [-0.4, -0.2) is 21.3 Å². The first-order valence-corrected chi connectivity index (χ1v) is 6.35. The smallest absolute Gasteiger partial charge is 0.336 e. The Labute approximate surface area is 121 Å². The van der Waals surface area contributed by atoms with Gasteiger partial charge in [0.2, 0.25) is 5.89 Å². The summed E-state index contributed by atoms with van der Waals surface area (Å²) in [6.45, 7) is 0. The molecule has 0 amide bonds. The fourth-order valence-corrected chi connectivity index (χ4v) is 2.15. The monoisotopic (exact) mass is 334 g/mol. The van der Waals surface area contributed by atoms with Crippen molar-refractivity contribution in [1.82, 2.24) is 10.2 Å². The van der Waals surface area contributed by atoms with Crippen molar-refractivity contribution in [3.05, 3.63) is 46.8 Å². The summed E-state index contributed by atoms with van der Waals surface area (Å²) in [6, 6.07) is 8.11. The zero-order chi connectivity index (χ0) is 14.1. The van der Waals surface area contributed by atoms with E-state index < -0.39 is 5.97 Å². The van der Waals surface area contributed by atoms with Crippen LogP contribution >= 0.6 is 15.9 Å². The Bertz CT molecular complexity index is 778. The second-order valence-corrected chi connectivity index (χ2v) is 4.59. The topological polar surface area (TPSA) is 89.4 Å². The highest BCUT2D eigenvalue weighted by Crippen LogP contribution is 2.31. The second kappa shape index (κ2) is 4.93. The molecule has 2 aromatic heterocycles. The van der Waals surface area contributed by atoms with Crippen molar-refractivity contribution in [1.29, 1.82) is 0 Å². The lowest BCUT2D eigenvalue weighted by Crippen LogP contribution is -1.98. The molecule has 0 fully saturated rings. The van der Waals surface area contributed by atoms with Crippen LogP contribution in [0, 0.1) is 0 Å². The number of carbonyl (C=O) groups is 1. The Morgan fingerprint density at radius 3 is 2.45 bits per heavy atom. The zero-order valence-corrected chi connectivity index (χ0v) is 11.5. The summed E-state index contributed by atoms with van der Waals surface area (Å²) in [5, 5.41) is 16.9. The molecule has 0 bridgehead atoms. The number of rotatable bonds is 3. The van der Waals surface area contributed by atoms with E-state index in [0.717, 1.165) is 0 Å². The Morgan fingerprint density at radius 2 is 1.80 bits per heavy atom. The maximum absolute atomic E-state index is 11.2. The van der Waals surface area contributed by atoms with Crippen LogP contribution in [0.1, 0.15) is 10.4 Å². The Morgan fingerprint density at radius 1 is 1.10 bits per heavy atom. The van der Waals surface area contributed by atoms with E-state index in [1.54, 1.807) is 24.3 Å². The number of furan rings is 1. The van der Waals surface area contributed by atoms with Gasteiger partial charge in [0.25, 0.3) is 5.89 Å². The van der Waals surface area contributed by atoms with Crippen molar-refractivity contribution in [2.45, 2.75) is 0 Å². The maximum Gasteiger partial charge on any atom is 0.336 e. The van der Waals surface area contributed by atoms with E-state index in [1.165, 1.54) is 12.3 Å². The second-order valence-electron chi connectivity index (χ2n) is 3.87. The molecule has 1 aromatic carbocycles. The van der Waals surface area contributed by atoms with Gasteiger partial charge < -0.3 is 13.9 Å².